The van der Waals surface area contributed by atoms with Crippen molar-refractivity contribution < 1.29 is 4.79 Å². The van der Waals surface area contributed by atoms with E-state index in [-0.39, 0.29) is 23.4 Å². The number of amides is 1. The van der Waals surface area contributed by atoms with E-state index in [0.29, 0.717) is 18.8 Å². The zero-order chi connectivity index (χ0) is 21.2. The summed E-state index contributed by atoms with van der Waals surface area (Å²) in [5.74, 6) is 1.10. The molecule has 2 aromatic rings. The van der Waals surface area contributed by atoms with Crippen molar-refractivity contribution in [3.63, 3.8) is 0 Å². The fourth-order valence-corrected chi connectivity index (χ4v) is 5.44. The van der Waals surface area contributed by atoms with Crippen LogP contribution in [0.15, 0.2) is 29.3 Å². The van der Waals surface area contributed by atoms with Crippen molar-refractivity contribution in [2.75, 3.05) is 13.1 Å². The molecule has 2 fully saturated rings. The molecule has 7 heteroatoms. The molecule has 1 saturated carbocycles. The van der Waals surface area contributed by atoms with Gasteiger partial charge in [-0.2, -0.15) is 0 Å². The van der Waals surface area contributed by atoms with Crippen LogP contribution in [0.2, 0.25) is 0 Å². The van der Waals surface area contributed by atoms with Crippen molar-refractivity contribution in [1.82, 2.24) is 24.8 Å². The second-order valence-electron chi connectivity index (χ2n) is 9.22. The maximum absolute atomic E-state index is 13.2. The van der Waals surface area contributed by atoms with Crippen LogP contribution in [0.25, 0.3) is 0 Å². The van der Waals surface area contributed by atoms with Crippen LogP contribution in [0.4, 0.5) is 0 Å². The van der Waals surface area contributed by atoms with E-state index >= 15 is 0 Å². The Morgan fingerprint density at radius 1 is 1.06 bits per heavy atom. The lowest BCUT2D eigenvalue weighted by atomic mass is 9.97. The van der Waals surface area contributed by atoms with E-state index in [1.165, 1.54) is 5.56 Å². The monoisotopic (exact) mass is 421 g/mol. The maximum Gasteiger partial charge on any atom is 0.254 e. The highest BCUT2D eigenvalue weighted by atomic mass is 16.2. The summed E-state index contributed by atoms with van der Waals surface area (Å²) in [6.45, 7) is 3.10. The number of nitrogens with one attached hydrogen (secondary N) is 1. The van der Waals surface area contributed by atoms with Gasteiger partial charge in [0.05, 0.1) is 11.7 Å². The molecule has 5 rings (SSSR count). The van der Waals surface area contributed by atoms with Crippen LogP contribution in [-0.2, 0) is 24.3 Å². The number of fused-ring (bicyclic) bond motifs is 1. The van der Waals surface area contributed by atoms with Crippen molar-refractivity contribution >= 4 is 5.91 Å². The van der Waals surface area contributed by atoms with Crippen molar-refractivity contribution in [3.05, 3.63) is 57.5 Å². The van der Waals surface area contributed by atoms with Gasteiger partial charge in [0.15, 0.2) is 0 Å². The number of likely N-dealkylation sites (tertiary alicyclic amines) is 1. The molecule has 1 atom stereocenters. The molecule has 1 amide bonds. The highest BCUT2D eigenvalue weighted by Gasteiger charge is 2.35. The molecule has 2 aromatic heterocycles. The SMILES string of the molecule is O=C(C1CCCC1)N1CCCCC1c1nc2c(c(=O)[nH]1)CCN(Cc1ccncc1)C2. The van der Waals surface area contributed by atoms with Crippen LogP contribution in [0.5, 0.6) is 0 Å². The first-order valence-corrected chi connectivity index (χ1v) is 11.7. The lowest BCUT2D eigenvalue weighted by Gasteiger charge is -2.37. The number of hydrogen-bond donors (Lipinski definition) is 1. The number of aromatic amines is 1. The minimum Gasteiger partial charge on any atom is -0.332 e. The minimum absolute atomic E-state index is 0.0256. The van der Waals surface area contributed by atoms with Crippen LogP contribution in [0.1, 0.15) is 73.6 Å². The molecule has 1 unspecified atom stereocenters. The van der Waals surface area contributed by atoms with Gasteiger partial charge in [-0.05, 0) is 56.2 Å². The molecule has 0 spiro atoms. The summed E-state index contributed by atoms with van der Waals surface area (Å²) >= 11 is 0. The zero-order valence-electron chi connectivity index (χ0n) is 18.1. The largest absolute Gasteiger partial charge is 0.332 e. The third kappa shape index (κ3) is 4.28. The molecule has 4 heterocycles. The molecule has 3 aliphatic rings. The summed E-state index contributed by atoms with van der Waals surface area (Å²) in [7, 11) is 0. The van der Waals surface area contributed by atoms with E-state index in [1.54, 1.807) is 0 Å². The average Bonchev–Trinajstić information content (AvgIpc) is 3.34. The molecule has 2 aliphatic heterocycles. The van der Waals surface area contributed by atoms with Gasteiger partial charge in [0.25, 0.3) is 5.56 Å². The Labute approximate surface area is 182 Å². The molecule has 1 saturated heterocycles. The molecular formula is C24H31N5O2. The van der Waals surface area contributed by atoms with Gasteiger partial charge in [-0.3, -0.25) is 19.5 Å². The Kier molecular flexibility index (Phi) is 5.85. The second kappa shape index (κ2) is 8.91. The van der Waals surface area contributed by atoms with Crippen molar-refractivity contribution in [2.45, 2.75) is 70.5 Å². The Morgan fingerprint density at radius 3 is 2.65 bits per heavy atom. The van der Waals surface area contributed by atoms with Crippen molar-refractivity contribution in [1.29, 1.82) is 0 Å². The average molecular weight is 422 g/mol. The Bertz CT molecular complexity index is 983. The van der Waals surface area contributed by atoms with E-state index in [0.717, 1.165) is 75.8 Å². The summed E-state index contributed by atoms with van der Waals surface area (Å²) in [6, 6.07) is 3.96. The first-order valence-electron chi connectivity index (χ1n) is 11.7. The number of aromatic nitrogens is 3. The smallest absolute Gasteiger partial charge is 0.254 e. The normalized spacial score (nSPS) is 22.5. The predicted molar refractivity (Wildman–Crippen MR) is 117 cm³/mol. The number of carbonyl (C=O) groups excluding carboxylic acids is 1. The third-order valence-electron chi connectivity index (χ3n) is 7.13. The summed E-state index contributed by atoms with van der Waals surface area (Å²) in [5.41, 5.74) is 2.86. The fourth-order valence-electron chi connectivity index (χ4n) is 5.44. The summed E-state index contributed by atoms with van der Waals surface area (Å²) in [4.78, 5) is 42.5. The molecule has 1 aliphatic carbocycles. The van der Waals surface area contributed by atoms with Crippen LogP contribution >= 0.6 is 0 Å². The van der Waals surface area contributed by atoms with E-state index in [9.17, 15) is 9.59 Å². The lowest BCUT2D eigenvalue weighted by molar-refractivity contribution is -0.139. The Balaban J connectivity index is 1.38. The van der Waals surface area contributed by atoms with Gasteiger partial charge in [0.1, 0.15) is 5.82 Å². The molecule has 164 valence electrons. The van der Waals surface area contributed by atoms with Crippen LogP contribution in [0.3, 0.4) is 0 Å². The standard InChI is InChI=1S/C24H31N5O2/c30-23-19-10-14-28(15-17-8-11-25-12-9-17)16-20(19)26-22(27-23)21-7-3-4-13-29(21)24(31)18-5-1-2-6-18/h8-9,11-12,18,21H,1-7,10,13-16H2,(H,26,27,30). The van der Waals surface area contributed by atoms with E-state index in [4.69, 9.17) is 4.98 Å². The van der Waals surface area contributed by atoms with Gasteiger partial charge in [-0.1, -0.05) is 12.8 Å². The van der Waals surface area contributed by atoms with Gasteiger partial charge < -0.3 is 9.88 Å². The molecule has 1 N–H and O–H groups in total. The molecule has 31 heavy (non-hydrogen) atoms. The number of carbonyl (C=O) groups is 1. The number of pyridine rings is 1. The number of piperidine rings is 1. The number of hydrogen-bond acceptors (Lipinski definition) is 5. The van der Waals surface area contributed by atoms with Crippen LogP contribution < -0.4 is 5.56 Å². The van der Waals surface area contributed by atoms with E-state index < -0.39 is 0 Å². The summed E-state index contributed by atoms with van der Waals surface area (Å²) in [6.07, 6.45) is 11.6. The summed E-state index contributed by atoms with van der Waals surface area (Å²) < 4.78 is 0. The van der Waals surface area contributed by atoms with Gasteiger partial charge in [0.2, 0.25) is 5.91 Å². The Hall–Kier alpha value is -2.54. The first-order chi connectivity index (χ1) is 15.2. The van der Waals surface area contributed by atoms with Gasteiger partial charge >= 0.3 is 0 Å². The second-order valence-corrected chi connectivity index (χ2v) is 9.22. The molecule has 0 radical (unpaired) electrons. The molecular weight excluding hydrogens is 390 g/mol. The zero-order valence-corrected chi connectivity index (χ0v) is 18.1. The highest BCUT2D eigenvalue weighted by molar-refractivity contribution is 5.79. The number of H-pyrrole nitrogens is 1. The predicted octanol–water partition coefficient (Wildman–Crippen LogP) is 2.97. The third-order valence-corrected chi connectivity index (χ3v) is 7.13. The van der Waals surface area contributed by atoms with Gasteiger partial charge in [-0.15, -0.1) is 0 Å². The van der Waals surface area contributed by atoms with Gasteiger partial charge in [-0.25, -0.2) is 4.98 Å². The van der Waals surface area contributed by atoms with Crippen LogP contribution in [0, 0.1) is 5.92 Å². The van der Waals surface area contributed by atoms with Gasteiger partial charge in [0, 0.05) is 50.1 Å². The maximum atomic E-state index is 13.2. The molecule has 7 nitrogen and oxygen atoms in total. The van der Waals surface area contributed by atoms with Crippen LogP contribution in [-0.4, -0.2) is 43.7 Å². The quantitative estimate of drug-likeness (QED) is 0.821. The Morgan fingerprint density at radius 2 is 1.84 bits per heavy atom. The summed E-state index contributed by atoms with van der Waals surface area (Å²) in [5, 5.41) is 0. The van der Waals surface area contributed by atoms with E-state index in [1.807, 2.05) is 29.4 Å². The lowest BCUT2D eigenvalue weighted by Crippen LogP contribution is -2.43. The fraction of sp³-hybridized carbons (Fsp3) is 0.583. The number of nitrogens with zero attached hydrogens (tertiary/aromatic N) is 4. The number of rotatable bonds is 4. The van der Waals surface area contributed by atoms with E-state index in [2.05, 4.69) is 14.9 Å². The van der Waals surface area contributed by atoms with Crippen molar-refractivity contribution in [3.8, 4) is 0 Å². The highest BCUT2D eigenvalue weighted by Crippen LogP contribution is 2.34. The van der Waals surface area contributed by atoms with Crippen molar-refractivity contribution in [2.24, 2.45) is 5.92 Å². The first kappa shape index (κ1) is 20.4. The molecule has 0 bridgehead atoms. The topological polar surface area (TPSA) is 82.2 Å². The minimum atomic E-state index is -0.101. The molecule has 0 aromatic carbocycles.